The second kappa shape index (κ2) is 9.40. The van der Waals surface area contributed by atoms with Gasteiger partial charge in [-0.1, -0.05) is 12.1 Å². The first-order valence-electron chi connectivity index (χ1n) is 8.21. The van der Waals surface area contributed by atoms with Crippen LogP contribution in [-0.2, 0) is 9.59 Å². The highest BCUT2D eigenvalue weighted by Crippen LogP contribution is 2.32. The molecular weight excluding hydrogens is 354 g/mol. The fraction of sp³-hybridized carbons (Fsp3) is 0.389. The SMILES string of the molecule is COc1cccc(/C=C2\SC(=O)N(CC(=O)NCCCN(C)C)C2=O)c1. The predicted octanol–water partition coefficient (Wildman–Crippen LogP) is 1.80. The third kappa shape index (κ3) is 5.60. The van der Waals surface area contributed by atoms with Crippen molar-refractivity contribution in [2.24, 2.45) is 0 Å². The quantitative estimate of drug-likeness (QED) is 0.550. The summed E-state index contributed by atoms with van der Waals surface area (Å²) in [6.07, 6.45) is 2.43. The average molecular weight is 377 g/mol. The second-order valence-electron chi connectivity index (χ2n) is 6.05. The lowest BCUT2D eigenvalue weighted by molar-refractivity contribution is -0.129. The zero-order valence-corrected chi connectivity index (χ0v) is 16.0. The largest absolute Gasteiger partial charge is 0.497 e. The minimum atomic E-state index is -0.453. The molecule has 0 aliphatic carbocycles. The fourth-order valence-electron chi connectivity index (χ4n) is 2.34. The van der Waals surface area contributed by atoms with E-state index in [0.717, 1.165) is 35.2 Å². The number of imide groups is 1. The van der Waals surface area contributed by atoms with E-state index < -0.39 is 11.1 Å². The summed E-state index contributed by atoms with van der Waals surface area (Å²) in [7, 11) is 5.47. The minimum absolute atomic E-state index is 0.262. The third-order valence-electron chi connectivity index (χ3n) is 3.67. The third-order valence-corrected chi connectivity index (χ3v) is 4.58. The zero-order valence-electron chi connectivity index (χ0n) is 15.2. The maximum Gasteiger partial charge on any atom is 0.294 e. The number of thioether (sulfide) groups is 1. The first-order chi connectivity index (χ1) is 12.4. The number of nitrogens with zero attached hydrogens (tertiary/aromatic N) is 2. The Balaban J connectivity index is 1.95. The molecular formula is C18H23N3O4S. The highest BCUT2D eigenvalue weighted by molar-refractivity contribution is 8.18. The molecule has 1 aromatic carbocycles. The molecule has 2 rings (SSSR count). The van der Waals surface area contributed by atoms with E-state index in [1.54, 1.807) is 31.4 Å². The molecule has 1 heterocycles. The van der Waals surface area contributed by atoms with Crippen LogP contribution in [0.5, 0.6) is 5.75 Å². The van der Waals surface area contributed by atoms with E-state index in [-0.39, 0.29) is 12.5 Å². The lowest BCUT2D eigenvalue weighted by atomic mass is 10.2. The second-order valence-corrected chi connectivity index (χ2v) is 7.04. The molecule has 0 unspecified atom stereocenters. The lowest BCUT2D eigenvalue weighted by Crippen LogP contribution is -2.40. The lowest BCUT2D eigenvalue weighted by Gasteiger charge is -2.13. The molecule has 1 fully saturated rings. The molecule has 140 valence electrons. The zero-order chi connectivity index (χ0) is 19.1. The maximum atomic E-state index is 12.4. The molecule has 0 atom stereocenters. The van der Waals surface area contributed by atoms with Crippen LogP contribution in [0.1, 0.15) is 12.0 Å². The van der Waals surface area contributed by atoms with Gasteiger partial charge in [0.25, 0.3) is 11.1 Å². The van der Waals surface area contributed by atoms with E-state index in [1.807, 2.05) is 25.1 Å². The number of ether oxygens (including phenoxy) is 1. The number of amides is 3. The number of hydrogen-bond acceptors (Lipinski definition) is 6. The van der Waals surface area contributed by atoms with Gasteiger partial charge in [0.05, 0.1) is 12.0 Å². The van der Waals surface area contributed by atoms with Crippen molar-refractivity contribution in [3.8, 4) is 5.75 Å². The summed E-state index contributed by atoms with van der Waals surface area (Å²) >= 11 is 0.835. The van der Waals surface area contributed by atoms with Gasteiger partial charge in [-0.3, -0.25) is 19.3 Å². The van der Waals surface area contributed by atoms with E-state index in [9.17, 15) is 14.4 Å². The number of carbonyl (C=O) groups excluding carboxylic acids is 3. The van der Waals surface area contributed by atoms with Crippen molar-refractivity contribution in [1.29, 1.82) is 0 Å². The van der Waals surface area contributed by atoms with Crippen LogP contribution in [0.2, 0.25) is 0 Å². The highest BCUT2D eigenvalue weighted by Gasteiger charge is 2.36. The van der Waals surface area contributed by atoms with Crippen molar-refractivity contribution in [2.75, 3.05) is 40.8 Å². The number of rotatable bonds is 8. The maximum absolute atomic E-state index is 12.4. The Hall–Kier alpha value is -2.32. The molecule has 0 spiro atoms. The van der Waals surface area contributed by atoms with Gasteiger partial charge in [0, 0.05) is 6.54 Å². The van der Waals surface area contributed by atoms with E-state index in [0.29, 0.717) is 17.2 Å². The smallest absolute Gasteiger partial charge is 0.294 e. The van der Waals surface area contributed by atoms with E-state index in [2.05, 4.69) is 5.32 Å². The van der Waals surface area contributed by atoms with E-state index in [4.69, 9.17) is 4.74 Å². The summed E-state index contributed by atoms with van der Waals surface area (Å²) in [4.78, 5) is 39.8. The van der Waals surface area contributed by atoms with Crippen molar-refractivity contribution in [2.45, 2.75) is 6.42 Å². The van der Waals surface area contributed by atoms with Crippen molar-refractivity contribution >= 4 is 34.9 Å². The van der Waals surface area contributed by atoms with Crippen molar-refractivity contribution < 1.29 is 19.1 Å². The van der Waals surface area contributed by atoms with Gasteiger partial charge >= 0.3 is 0 Å². The van der Waals surface area contributed by atoms with Crippen molar-refractivity contribution in [1.82, 2.24) is 15.1 Å². The van der Waals surface area contributed by atoms with Gasteiger partial charge in [0.15, 0.2) is 0 Å². The van der Waals surface area contributed by atoms with Gasteiger partial charge in [0.2, 0.25) is 5.91 Å². The van der Waals surface area contributed by atoms with Crippen LogP contribution in [0, 0.1) is 0 Å². The Kier molecular flexibility index (Phi) is 7.23. The van der Waals surface area contributed by atoms with Crippen LogP contribution in [-0.4, -0.2) is 67.7 Å². The molecule has 1 aromatic rings. The number of methoxy groups -OCH3 is 1. The standard InChI is InChI=1S/C18H23N3O4S/c1-20(2)9-5-8-19-16(22)12-21-17(23)15(26-18(21)24)11-13-6-4-7-14(10-13)25-3/h4,6-7,10-11H,5,8-9,12H2,1-3H3,(H,19,22)/b15-11-. The van der Waals surface area contributed by atoms with Crippen LogP contribution in [0.4, 0.5) is 4.79 Å². The van der Waals surface area contributed by atoms with Crippen LogP contribution in [0.25, 0.3) is 6.08 Å². The molecule has 0 saturated carbocycles. The summed E-state index contributed by atoms with van der Waals surface area (Å²) in [6, 6.07) is 7.18. The molecule has 3 amide bonds. The first kappa shape index (κ1) is 20.0. The van der Waals surface area contributed by atoms with Crippen LogP contribution in [0.15, 0.2) is 29.2 Å². The molecule has 7 nitrogen and oxygen atoms in total. The molecule has 0 aromatic heterocycles. The first-order valence-corrected chi connectivity index (χ1v) is 9.03. The van der Waals surface area contributed by atoms with Crippen LogP contribution >= 0.6 is 11.8 Å². The number of benzene rings is 1. The molecule has 0 bridgehead atoms. The van der Waals surface area contributed by atoms with Gasteiger partial charge in [-0.25, -0.2) is 0 Å². The van der Waals surface area contributed by atoms with Gasteiger partial charge in [0.1, 0.15) is 12.3 Å². The summed E-state index contributed by atoms with van der Waals surface area (Å²) in [5, 5.41) is 2.29. The minimum Gasteiger partial charge on any atom is -0.497 e. The average Bonchev–Trinajstić information content (AvgIpc) is 2.86. The monoisotopic (exact) mass is 377 g/mol. The van der Waals surface area contributed by atoms with Crippen LogP contribution in [0.3, 0.4) is 0 Å². The topological polar surface area (TPSA) is 79.0 Å². The summed E-state index contributed by atoms with van der Waals surface area (Å²) in [5.74, 6) is -0.130. The molecule has 1 aliphatic rings. The summed E-state index contributed by atoms with van der Waals surface area (Å²) in [6.45, 7) is 1.10. The van der Waals surface area contributed by atoms with Gasteiger partial charge in [-0.2, -0.15) is 0 Å². The molecule has 1 aliphatic heterocycles. The fourth-order valence-corrected chi connectivity index (χ4v) is 3.18. The van der Waals surface area contributed by atoms with Crippen molar-refractivity contribution in [3.63, 3.8) is 0 Å². The Bertz CT molecular complexity index is 718. The Morgan fingerprint density at radius 1 is 1.35 bits per heavy atom. The molecule has 0 radical (unpaired) electrons. The molecule has 26 heavy (non-hydrogen) atoms. The molecule has 1 N–H and O–H groups in total. The summed E-state index contributed by atoms with van der Waals surface area (Å²) in [5.41, 5.74) is 0.753. The molecule has 8 heteroatoms. The van der Waals surface area contributed by atoms with Crippen LogP contribution < -0.4 is 10.1 Å². The van der Waals surface area contributed by atoms with Gasteiger partial charge in [-0.15, -0.1) is 0 Å². The van der Waals surface area contributed by atoms with Gasteiger partial charge < -0.3 is 15.0 Å². The molecule has 1 saturated heterocycles. The number of carbonyl (C=O) groups is 3. The van der Waals surface area contributed by atoms with E-state index >= 15 is 0 Å². The van der Waals surface area contributed by atoms with Gasteiger partial charge in [-0.05, 0) is 62.6 Å². The number of nitrogens with one attached hydrogen (secondary N) is 1. The number of hydrogen-bond donors (Lipinski definition) is 1. The van der Waals surface area contributed by atoms with E-state index in [1.165, 1.54) is 0 Å². The Labute approximate surface area is 157 Å². The predicted molar refractivity (Wildman–Crippen MR) is 102 cm³/mol. The Morgan fingerprint density at radius 2 is 2.12 bits per heavy atom. The highest BCUT2D eigenvalue weighted by atomic mass is 32.2. The summed E-state index contributed by atoms with van der Waals surface area (Å²) < 4.78 is 5.15. The Morgan fingerprint density at radius 3 is 2.81 bits per heavy atom. The van der Waals surface area contributed by atoms with Crippen molar-refractivity contribution in [3.05, 3.63) is 34.7 Å². The normalized spacial score (nSPS) is 15.8.